The molecule has 0 N–H and O–H groups in total. The molecule has 2 rings (SSSR count). The van der Waals surface area contributed by atoms with Crippen LogP contribution in [0.4, 0.5) is 26.3 Å². The lowest BCUT2D eigenvalue weighted by atomic mass is 9.99. The summed E-state index contributed by atoms with van der Waals surface area (Å²) in [6.45, 7) is 0. The minimum Gasteiger partial charge on any atom is -0.166 e. The maximum absolute atomic E-state index is 12.7. The van der Waals surface area contributed by atoms with Crippen LogP contribution in [0.2, 0.25) is 0 Å². The van der Waals surface area contributed by atoms with E-state index in [4.69, 9.17) is 0 Å². The molecule has 0 aliphatic rings. The van der Waals surface area contributed by atoms with Crippen LogP contribution in [-0.4, -0.2) is 0 Å². The Balaban J connectivity index is 2.82. The van der Waals surface area contributed by atoms with Crippen LogP contribution in [0.3, 0.4) is 0 Å². The normalized spacial score (nSPS) is 13.0. The molecule has 0 amide bonds. The van der Waals surface area contributed by atoms with E-state index >= 15 is 0 Å². The number of hydrogen-bond acceptors (Lipinski definition) is 0. The molecule has 0 spiro atoms. The van der Waals surface area contributed by atoms with Gasteiger partial charge < -0.3 is 0 Å². The predicted molar refractivity (Wildman–Crippen MR) is 54.0 cm³/mol. The van der Waals surface area contributed by atoms with E-state index in [2.05, 4.69) is 0 Å². The number of rotatable bonds is 0. The second-order valence-electron chi connectivity index (χ2n) is 3.70. The van der Waals surface area contributed by atoms with Gasteiger partial charge in [-0.25, -0.2) is 0 Å². The molecule has 0 saturated carbocycles. The lowest BCUT2D eigenvalue weighted by molar-refractivity contribution is -0.138. The van der Waals surface area contributed by atoms with Crippen molar-refractivity contribution in [2.45, 2.75) is 12.4 Å². The second kappa shape index (κ2) is 3.90. The molecule has 2 aromatic rings. The van der Waals surface area contributed by atoms with Crippen molar-refractivity contribution in [3.63, 3.8) is 0 Å². The maximum atomic E-state index is 12.7. The van der Waals surface area contributed by atoms with Gasteiger partial charge in [0, 0.05) is 0 Å². The Morgan fingerprint density at radius 1 is 0.556 bits per heavy atom. The van der Waals surface area contributed by atoms with Crippen LogP contribution in [0.1, 0.15) is 11.1 Å². The van der Waals surface area contributed by atoms with Crippen molar-refractivity contribution in [1.82, 2.24) is 0 Å². The van der Waals surface area contributed by atoms with Gasteiger partial charge in [0.1, 0.15) is 0 Å². The van der Waals surface area contributed by atoms with E-state index in [0.717, 1.165) is 36.4 Å². The van der Waals surface area contributed by atoms with Gasteiger partial charge in [-0.1, -0.05) is 24.3 Å². The average molecular weight is 264 g/mol. The van der Waals surface area contributed by atoms with Crippen molar-refractivity contribution in [2.24, 2.45) is 0 Å². The number of halogens is 6. The van der Waals surface area contributed by atoms with Crippen molar-refractivity contribution in [1.29, 1.82) is 0 Å². The molecule has 0 heterocycles. The molecule has 0 radical (unpaired) electrons. The van der Waals surface area contributed by atoms with E-state index in [-0.39, 0.29) is 0 Å². The molecule has 96 valence electrons. The van der Waals surface area contributed by atoms with Crippen LogP contribution in [0.5, 0.6) is 0 Å². The summed E-state index contributed by atoms with van der Waals surface area (Å²) in [7, 11) is 0. The van der Waals surface area contributed by atoms with E-state index < -0.39 is 34.3 Å². The zero-order chi connectivity index (χ0) is 13.6. The SMILES string of the molecule is FC(F)(F)c1cccc2c(C(F)(F)F)cccc12. The van der Waals surface area contributed by atoms with Gasteiger partial charge in [0.15, 0.2) is 0 Å². The van der Waals surface area contributed by atoms with Crippen LogP contribution < -0.4 is 0 Å². The summed E-state index contributed by atoms with van der Waals surface area (Å²) >= 11 is 0. The molecule has 0 unspecified atom stereocenters. The summed E-state index contributed by atoms with van der Waals surface area (Å²) in [5.74, 6) is 0. The molecule has 0 fully saturated rings. The number of alkyl halides is 6. The fraction of sp³-hybridized carbons (Fsp3) is 0.167. The average Bonchev–Trinajstić information content (AvgIpc) is 2.24. The van der Waals surface area contributed by atoms with Gasteiger partial charge in [0.05, 0.1) is 11.1 Å². The Morgan fingerprint density at radius 2 is 0.889 bits per heavy atom. The zero-order valence-electron chi connectivity index (χ0n) is 8.73. The van der Waals surface area contributed by atoms with Gasteiger partial charge >= 0.3 is 12.4 Å². The smallest absolute Gasteiger partial charge is 0.166 e. The van der Waals surface area contributed by atoms with Gasteiger partial charge in [0.25, 0.3) is 0 Å². The minimum absolute atomic E-state index is 0.445. The van der Waals surface area contributed by atoms with Gasteiger partial charge in [-0.05, 0) is 22.9 Å². The lowest BCUT2D eigenvalue weighted by Gasteiger charge is -2.14. The summed E-state index contributed by atoms with van der Waals surface area (Å²) in [5, 5.41) is -0.889. The summed E-state index contributed by atoms with van der Waals surface area (Å²) < 4.78 is 76.0. The first kappa shape index (κ1) is 12.7. The Hall–Kier alpha value is -1.72. The Kier molecular flexibility index (Phi) is 2.76. The Bertz CT molecular complexity index is 526. The third-order valence-electron chi connectivity index (χ3n) is 2.53. The summed E-state index contributed by atoms with van der Waals surface area (Å²) in [6.07, 6.45) is -9.35. The summed E-state index contributed by atoms with van der Waals surface area (Å²) in [5.41, 5.74) is -2.13. The van der Waals surface area contributed by atoms with Crippen molar-refractivity contribution in [3.05, 3.63) is 47.5 Å². The number of hydrogen-bond donors (Lipinski definition) is 0. The number of fused-ring (bicyclic) bond motifs is 1. The predicted octanol–water partition coefficient (Wildman–Crippen LogP) is 4.88. The van der Waals surface area contributed by atoms with Crippen LogP contribution in [0.15, 0.2) is 36.4 Å². The summed E-state index contributed by atoms with van der Waals surface area (Å²) in [4.78, 5) is 0. The van der Waals surface area contributed by atoms with Gasteiger partial charge in [-0.15, -0.1) is 0 Å². The fourth-order valence-corrected chi connectivity index (χ4v) is 1.80. The lowest BCUT2D eigenvalue weighted by Crippen LogP contribution is -2.09. The summed E-state index contributed by atoms with van der Waals surface area (Å²) in [6, 6.07) is 5.55. The molecule has 0 aliphatic carbocycles. The first-order valence-electron chi connectivity index (χ1n) is 4.87. The molecule has 18 heavy (non-hydrogen) atoms. The quantitative estimate of drug-likeness (QED) is 0.595. The Morgan fingerprint density at radius 3 is 1.17 bits per heavy atom. The zero-order valence-corrected chi connectivity index (χ0v) is 8.73. The third-order valence-corrected chi connectivity index (χ3v) is 2.53. The highest BCUT2D eigenvalue weighted by Gasteiger charge is 2.36. The molecular weight excluding hydrogens is 258 g/mol. The molecule has 0 nitrogen and oxygen atoms in total. The van der Waals surface area contributed by atoms with E-state index in [1.807, 2.05) is 0 Å². The van der Waals surface area contributed by atoms with E-state index in [0.29, 0.717) is 0 Å². The van der Waals surface area contributed by atoms with Crippen molar-refractivity contribution in [3.8, 4) is 0 Å². The molecule has 0 aliphatic heterocycles. The van der Waals surface area contributed by atoms with Crippen molar-refractivity contribution < 1.29 is 26.3 Å². The van der Waals surface area contributed by atoms with Crippen molar-refractivity contribution >= 4 is 10.8 Å². The second-order valence-corrected chi connectivity index (χ2v) is 3.70. The first-order valence-corrected chi connectivity index (χ1v) is 4.87. The van der Waals surface area contributed by atoms with Crippen LogP contribution in [-0.2, 0) is 12.4 Å². The highest BCUT2D eigenvalue weighted by atomic mass is 19.4. The molecule has 0 atom stereocenters. The first-order chi connectivity index (χ1) is 8.21. The standard InChI is InChI=1S/C12H6F6/c13-11(14,15)9-5-1-3-7-8(9)4-2-6-10(7)12(16,17)18/h1-6H. The van der Waals surface area contributed by atoms with E-state index in [1.54, 1.807) is 0 Å². The number of benzene rings is 2. The maximum Gasteiger partial charge on any atom is 0.417 e. The van der Waals surface area contributed by atoms with E-state index in [1.165, 1.54) is 0 Å². The van der Waals surface area contributed by atoms with Gasteiger partial charge in [-0.2, -0.15) is 26.3 Å². The van der Waals surface area contributed by atoms with Crippen LogP contribution in [0, 0.1) is 0 Å². The highest BCUT2D eigenvalue weighted by molar-refractivity contribution is 5.89. The van der Waals surface area contributed by atoms with Crippen molar-refractivity contribution in [2.75, 3.05) is 0 Å². The van der Waals surface area contributed by atoms with E-state index in [9.17, 15) is 26.3 Å². The molecule has 2 aromatic carbocycles. The van der Waals surface area contributed by atoms with Crippen LogP contribution >= 0.6 is 0 Å². The third kappa shape index (κ3) is 2.14. The van der Waals surface area contributed by atoms with Crippen LogP contribution in [0.25, 0.3) is 10.8 Å². The fourth-order valence-electron chi connectivity index (χ4n) is 1.80. The minimum atomic E-state index is -4.68. The largest absolute Gasteiger partial charge is 0.417 e. The molecule has 0 saturated heterocycles. The highest BCUT2D eigenvalue weighted by Crippen LogP contribution is 2.39. The van der Waals surface area contributed by atoms with Gasteiger partial charge in [-0.3, -0.25) is 0 Å². The monoisotopic (exact) mass is 264 g/mol. The Labute approximate surface area is 97.8 Å². The topological polar surface area (TPSA) is 0 Å². The van der Waals surface area contributed by atoms with Gasteiger partial charge in [0.2, 0.25) is 0 Å². The molecule has 6 heteroatoms. The molecule has 0 bridgehead atoms. The molecule has 0 aromatic heterocycles. The molecular formula is C12H6F6.